The van der Waals surface area contributed by atoms with E-state index >= 15 is 0 Å². The summed E-state index contributed by atoms with van der Waals surface area (Å²) in [4.78, 5) is 5.76. The topological polar surface area (TPSA) is 55.9 Å². The van der Waals surface area contributed by atoms with Gasteiger partial charge in [-0.2, -0.15) is 5.10 Å². The largest absolute Gasteiger partial charge is 0.463 e. The van der Waals surface area contributed by atoms with Crippen molar-refractivity contribution in [3.8, 4) is 0 Å². The zero-order chi connectivity index (χ0) is 16.8. The molecule has 1 N–H and O–H groups in total. The standard InChI is InChI=1S/C17H17IN4OS/c1-9-6-10(2)20-17-13(9)14-15(24-17)16(21-22(14)3)19-8-12-5-4-11(7-18)23-12/h4-6H,7-8H2,1-3H3,(H,19,21). The molecule has 4 aromatic rings. The average Bonchev–Trinajstić information content (AvgIpc) is 3.20. The number of aryl methyl sites for hydroxylation is 3. The van der Waals surface area contributed by atoms with Gasteiger partial charge >= 0.3 is 0 Å². The zero-order valence-corrected chi connectivity index (χ0v) is 16.7. The number of aromatic nitrogens is 3. The van der Waals surface area contributed by atoms with E-state index in [-0.39, 0.29) is 0 Å². The van der Waals surface area contributed by atoms with Crippen LogP contribution in [0.4, 0.5) is 5.82 Å². The third kappa shape index (κ3) is 2.59. The van der Waals surface area contributed by atoms with E-state index in [1.165, 1.54) is 10.9 Å². The van der Waals surface area contributed by atoms with Crippen molar-refractivity contribution in [2.75, 3.05) is 5.32 Å². The second-order valence-corrected chi connectivity index (χ2v) is 7.63. The molecule has 24 heavy (non-hydrogen) atoms. The van der Waals surface area contributed by atoms with Gasteiger partial charge in [0.1, 0.15) is 16.4 Å². The van der Waals surface area contributed by atoms with Crippen LogP contribution in [-0.2, 0) is 18.0 Å². The van der Waals surface area contributed by atoms with E-state index in [0.717, 1.165) is 42.5 Å². The number of nitrogens with one attached hydrogen (secondary N) is 1. The number of furan rings is 1. The lowest BCUT2D eigenvalue weighted by atomic mass is 10.1. The number of rotatable bonds is 4. The Kier molecular flexibility index (Phi) is 4.00. The third-order valence-electron chi connectivity index (χ3n) is 4.03. The first-order chi connectivity index (χ1) is 11.6. The lowest BCUT2D eigenvalue weighted by molar-refractivity contribution is 0.489. The zero-order valence-electron chi connectivity index (χ0n) is 13.7. The summed E-state index contributed by atoms with van der Waals surface area (Å²) in [6.07, 6.45) is 0. The van der Waals surface area contributed by atoms with E-state index in [9.17, 15) is 0 Å². The van der Waals surface area contributed by atoms with Gasteiger partial charge in [0.05, 0.1) is 21.2 Å². The molecule has 5 nitrogen and oxygen atoms in total. The van der Waals surface area contributed by atoms with Crippen LogP contribution in [0.2, 0.25) is 0 Å². The van der Waals surface area contributed by atoms with Crippen molar-refractivity contribution in [2.24, 2.45) is 7.05 Å². The molecule has 0 radical (unpaired) electrons. The SMILES string of the molecule is Cc1cc(C)c2c(n1)sc1c(NCc3ccc(CI)o3)nn(C)c12. The van der Waals surface area contributed by atoms with E-state index in [4.69, 9.17) is 9.40 Å². The van der Waals surface area contributed by atoms with Crippen LogP contribution in [0.1, 0.15) is 22.8 Å². The number of anilines is 1. The molecule has 0 saturated carbocycles. The fraction of sp³-hybridized carbons (Fsp3) is 0.294. The quantitative estimate of drug-likeness (QED) is 0.352. The highest BCUT2D eigenvalue weighted by molar-refractivity contribution is 14.1. The molecule has 0 saturated heterocycles. The van der Waals surface area contributed by atoms with E-state index in [1.807, 2.05) is 30.8 Å². The normalized spacial score (nSPS) is 11.7. The summed E-state index contributed by atoms with van der Waals surface area (Å²) in [5.74, 6) is 2.81. The highest BCUT2D eigenvalue weighted by Crippen LogP contribution is 2.38. The second kappa shape index (κ2) is 6.03. The van der Waals surface area contributed by atoms with Gasteiger partial charge in [-0.05, 0) is 37.6 Å². The van der Waals surface area contributed by atoms with Gasteiger partial charge in [-0.3, -0.25) is 4.68 Å². The minimum Gasteiger partial charge on any atom is -0.463 e. The summed E-state index contributed by atoms with van der Waals surface area (Å²) in [5, 5.41) is 9.26. The number of halogens is 1. The average molecular weight is 452 g/mol. The number of nitrogens with zero attached hydrogens (tertiary/aromatic N) is 3. The van der Waals surface area contributed by atoms with E-state index in [2.05, 4.69) is 46.0 Å². The monoisotopic (exact) mass is 452 g/mol. The minimum absolute atomic E-state index is 0.627. The number of alkyl halides is 1. The molecule has 0 spiro atoms. The summed E-state index contributed by atoms with van der Waals surface area (Å²) in [7, 11) is 1.99. The third-order valence-corrected chi connectivity index (χ3v) is 5.86. The Labute approximate surface area is 157 Å². The first kappa shape index (κ1) is 15.9. The molecule has 124 valence electrons. The number of pyridine rings is 1. The van der Waals surface area contributed by atoms with Crippen molar-refractivity contribution in [1.29, 1.82) is 0 Å². The van der Waals surface area contributed by atoms with Crippen molar-refractivity contribution in [2.45, 2.75) is 24.8 Å². The summed E-state index contributed by atoms with van der Waals surface area (Å²) >= 11 is 3.99. The Balaban J connectivity index is 1.74. The van der Waals surface area contributed by atoms with Gasteiger partial charge in [-0.25, -0.2) is 4.98 Å². The number of thiophene rings is 1. The van der Waals surface area contributed by atoms with Gasteiger partial charge in [0.2, 0.25) is 0 Å². The smallest absolute Gasteiger partial charge is 0.166 e. The van der Waals surface area contributed by atoms with Gasteiger partial charge < -0.3 is 9.73 Å². The molecular formula is C17H17IN4OS. The highest BCUT2D eigenvalue weighted by atomic mass is 127. The first-order valence-electron chi connectivity index (χ1n) is 7.67. The van der Waals surface area contributed by atoms with Gasteiger partial charge in [-0.15, -0.1) is 11.3 Å². The summed E-state index contributed by atoms with van der Waals surface area (Å²) in [6.45, 7) is 4.80. The Morgan fingerprint density at radius 3 is 2.83 bits per heavy atom. The molecule has 4 heterocycles. The van der Waals surface area contributed by atoms with Crippen molar-refractivity contribution in [3.63, 3.8) is 0 Å². The van der Waals surface area contributed by atoms with Crippen LogP contribution in [-0.4, -0.2) is 14.8 Å². The van der Waals surface area contributed by atoms with Crippen LogP contribution in [0.15, 0.2) is 22.6 Å². The van der Waals surface area contributed by atoms with Crippen LogP contribution < -0.4 is 5.32 Å². The molecule has 0 fully saturated rings. The maximum atomic E-state index is 5.75. The highest BCUT2D eigenvalue weighted by Gasteiger charge is 2.18. The molecule has 0 aromatic carbocycles. The first-order valence-corrected chi connectivity index (χ1v) is 10.0. The van der Waals surface area contributed by atoms with Crippen molar-refractivity contribution in [1.82, 2.24) is 14.8 Å². The molecule has 4 aromatic heterocycles. The van der Waals surface area contributed by atoms with Crippen LogP contribution in [0, 0.1) is 13.8 Å². The van der Waals surface area contributed by atoms with Gasteiger partial charge in [-0.1, -0.05) is 22.6 Å². The van der Waals surface area contributed by atoms with E-state index < -0.39 is 0 Å². The summed E-state index contributed by atoms with van der Waals surface area (Å²) in [6, 6.07) is 6.16. The molecule has 4 rings (SSSR count). The Hall–Kier alpha value is -1.61. The Morgan fingerprint density at radius 1 is 1.29 bits per heavy atom. The van der Waals surface area contributed by atoms with E-state index in [0.29, 0.717) is 6.54 Å². The maximum Gasteiger partial charge on any atom is 0.166 e. The molecule has 0 unspecified atom stereocenters. The van der Waals surface area contributed by atoms with Crippen molar-refractivity contribution < 1.29 is 4.42 Å². The lowest BCUT2D eigenvalue weighted by Gasteiger charge is -2.01. The van der Waals surface area contributed by atoms with Gasteiger partial charge in [0, 0.05) is 18.1 Å². The van der Waals surface area contributed by atoms with Crippen molar-refractivity contribution >= 4 is 60.2 Å². The molecule has 7 heteroatoms. The Morgan fingerprint density at radius 2 is 2.08 bits per heavy atom. The summed E-state index contributed by atoms with van der Waals surface area (Å²) in [5.41, 5.74) is 3.45. The number of hydrogen-bond acceptors (Lipinski definition) is 5. The van der Waals surface area contributed by atoms with Crippen LogP contribution in [0.5, 0.6) is 0 Å². The number of fused-ring (bicyclic) bond motifs is 3. The maximum absolute atomic E-state index is 5.75. The molecule has 0 bridgehead atoms. The van der Waals surface area contributed by atoms with Gasteiger partial charge in [0.25, 0.3) is 0 Å². The molecular weight excluding hydrogens is 435 g/mol. The van der Waals surface area contributed by atoms with E-state index in [1.54, 1.807) is 11.3 Å². The van der Waals surface area contributed by atoms with Gasteiger partial charge in [0.15, 0.2) is 5.82 Å². The fourth-order valence-electron chi connectivity index (χ4n) is 3.01. The predicted octanol–water partition coefficient (Wildman–Crippen LogP) is 4.94. The van der Waals surface area contributed by atoms with Crippen LogP contribution >= 0.6 is 33.9 Å². The number of hydrogen-bond donors (Lipinski definition) is 1. The molecule has 0 amide bonds. The predicted molar refractivity (Wildman–Crippen MR) is 107 cm³/mol. The fourth-order valence-corrected chi connectivity index (χ4v) is 4.71. The molecule has 0 aliphatic carbocycles. The minimum atomic E-state index is 0.627. The van der Waals surface area contributed by atoms with Crippen molar-refractivity contribution in [3.05, 3.63) is 41.0 Å². The lowest BCUT2D eigenvalue weighted by Crippen LogP contribution is -2.00. The van der Waals surface area contributed by atoms with Crippen LogP contribution in [0.25, 0.3) is 20.4 Å². The Bertz CT molecular complexity index is 1050. The van der Waals surface area contributed by atoms with Crippen LogP contribution in [0.3, 0.4) is 0 Å². The summed E-state index contributed by atoms with van der Waals surface area (Å²) < 4.78 is 9.73. The second-order valence-electron chi connectivity index (χ2n) is 5.87. The molecule has 0 atom stereocenters. The molecule has 0 aliphatic heterocycles. The molecule has 0 aliphatic rings.